The number of esters is 1. The molecular formula is C11H6F5NO2S. The molecule has 0 saturated carbocycles. The van der Waals surface area contributed by atoms with Crippen molar-refractivity contribution in [1.82, 2.24) is 0 Å². The highest BCUT2D eigenvalue weighted by atomic mass is 32.2. The molecule has 0 unspecified atom stereocenters. The van der Waals surface area contributed by atoms with E-state index < -0.39 is 51.3 Å². The minimum absolute atomic E-state index is 0.473. The maximum absolute atomic E-state index is 13.0. The van der Waals surface area contributed by atoms with Crippen molar-refractivity contribution in [1.29, 1.82) is 5.26 Å². The molecule has 0 fully saturated rings. The lowest BCUT2D eigenvalue weighted by atomic mass is 10.0. The summed E-state index contributed by atoms with van der Waals surface area (Å²) < 4.78 is 67.2. The van der Waals surface area contributed by atoms with Gasteiger partial charge in [0.15, 0.2) is 0 Å². The minimum atomic E-state index is -4.80. The second kappa shape index (κ2) is 6.09. The standard InChI is InChI=1S/C11H6F5NO2S/c1-19-10(18)7-5(4-17)2-3-6(8(7)9(12)13)20-11(14,15)16/h2-3,9H,1H3. The van der Waals surface area contributed by atoms with Crippen molar-refractivity contribution in [2.75, 3.05) is 7.11 Å². The molecule has 0 radical (unpaired) electrons. The summed E-state index contributed by atoms with van der Waals surface area (Å²) in [6.45, 7) is 0. The van der Waals surface area contributed by atoms with Crippen LogP contribution in [0.2, 0.25) is 0 Å². The van der Waals surface area contributed by atoms with Crippen molar-refractivity contribution >= 4 is 17.7 Å². The van der Waals surface area contributed by atoms with Crippen LogP contribution in [-0.2, 0) is 4.74 Å². The molecule has 0 saturated heterocycles. The number of carbonyl (C=O) groups excluding carboxylic acids is 1. The zero-order chi connectivity index (χ0) is 15.5. The molecule has 0 amide bonds. The third kappa shape index (κ3) is 3.60. The minimum Gasteiger partial charge on any atom is -0.465 e. The van der Waals surface area contributed by atoms with E-state index in [1.807, 2.05) is 0 Å². The Morgan fingerprint density at radius 3 is 2.40 bits per heavy atom. The third-order valence-corrected chi connectivity index (χ3v) is 2.97. The van der Waals surface area contributed by atoms with Crippen LogP contribution >= 0.6 is 11.8 Å². The summed E-state index contributed by atoms with van der Waals surface area (Å²) in [5.74, 6) is -1.29. The van der Waals surface area contributed by atoms with Gasteiger partial charge in [0.05, 0.1) is 18.2 Å². The summed E-state index contributed by atoms with van der Waals surface area (Å²) in [7, 11) is 0.877. The van der Waals surface area contributed by atoms with E-state index in [9.17, 15) is 26.7 Å². The van der Waals surface area contributed by atoms with E-state index >= 15 is 0 Å². The number of alkyl halides is 5. The van der Waals surface area contributed by atoms with Crippen molar-refractivity contribution in [3.63, 3.8) is 0 Å². The molecule has 0 N–H and O–H groups in total. The first-order chi connectivity index (χ1) is 9.21. The Bertz CT molecular complexity index is 565. The Hall–Kier alpha value is -1.82. The van der Waals surface area contributed by atoms with Crippen LogP contribution in [0.15, 0.2) is 17.0 Å². The Kier molecular flexibility index (Phi) is 4.94. The maximum atomic E-state index is 13.0. The van der Waals surface area contributed by atoms with Crippen molar-refractivity contribution in [2.24, 2.45) is 0 Å². The molecule has 0 heterocycles. The zero-order valence-electron chi connectivity index (χ0n) is 9.79. The number of rotatable bonds is 3. The van der Waals surface area contributed by atoms with Gasteiger partial charge in [-0.15, -0.1) is 0 Å². The molecule has 108 valence electrons. The lowest BCUT2D eigenvalue weighted by Gasteiger charge is -2.15. The van der Waals surface area contributed by atoms with Crippen LogP contribution in [0, 0.1) is 11.3 Å². The van der Waals surface area contributed by atoms with Gasteiger partial charge < -0.3 is 4.74 Å². The average molecular weight is 311 g/mol. The van der Waals surface area contributed by atoms with Gasteiger partial charge in [0.1, 0.15) is 6.07 Å². The molecule has 1 rings (SSSR count). The zero-order valence-corrected chi connectivity index (χ0v) is 10.6. The summed E-state index contributed by atoms with van der Waals surface area (Å²) in [6, 6.07) is 3.07. The monoisotopic (exact) mass is 311 g/mol. The fourth-order valence-electron chi connectivity index (χ4n) is 1.45. The van der Waals surface area contributed by atoms with Crippen molar-refractivity contribution < 1.29 is 31.5 Å². The first-order valence-corrected chi connectivity index (χ1v) is 5.72. The van der Waals surface area contributed by atoms with E-state index in [-0.39, 0.29) is 0 Å². The maximum Gasteiger partial charge on any atom is 0.446 e. The number of halogens is 5. The van der Waals surface area contributed by atoms with Gasteiger partial charge in [0.25, 0.3) is 6.43 Å². The van der Waals surface area contributed by atoms with E-state index in [4.69, 9.17) is 5.26 Å². The highest BCUT2D eigenvalue weighted by Gasteiger charge is 2.34. The number of carbonyl (C=O) groups is 1. The Balaban J connectivity index is 3.57. The van der Waals surface area contributed by atoms with Gasteiger partial charge in [0, 0.05) is 10.5 Å². The average Bonchev–Trinajstić information content (AvgIpc) is 2.34. The van der Waals surface area contributed by atoms with Crippen LogP contribution in [0.25, 0.3) is 0 Å². The number of nitrogens with zero attached hydrogens (tertiary/aromatic N) is 1. The number of ether oxygens (including phenoxy) is 1. The number of methoxy groups -OCH3 is 1. The largest absolute Gasteiger partial charge is 0.465 e. The normalized spacial score (nSPS) is 11.3. The molecule has 0 aliphatic rings. The molecular weight excluding hydrogens is 305 g/mol. The van der Waals surface area contributed by atoms with E-state index in [1.165, 1.54) is 6.07 Å². The van der Waals surface area contributed by atoms with E-state index in [2.05, 4.69) is 4.74 Å². The molecule has 0 aliphatic heterocycles. The van der Waals surface area contributed by atoms with Crippen LogP contribution in [0.5, 0.6) is 0 Å². The number of nitriles is 1. The highest BCUT2D eigenvalue weighted by Crippen LogP contribution is 2.43. The molecule has 20 heavy (non-hydrogen) atoms. The topological polar surface area (TPSA) is 50.1 Å². The van der Waals surface area contributed by atoms with Gasteiger partial charge in [-0.05, 0) is 23.9 Å². The van der Waals surface area contributed by atoms with Crippen molar-refractivity contribution in [2.45, 2.75) is 16.8 Å². The Morgan fingerprint density at radius 1 is 1.40 bits per heavy atom. The highest BCUT2D eigenvalue weighted by molar-refractivity contribution is 8.00. The lowest BCUT2D eigenvalue weighted by Crippen LogP contribution is -2.11. The van der Waals surface area contributed by atoms with Crippen LogP contribution in [0.3, 0.4) is 0 Å². The second-order valence-electron chi connectivity index (χ2n) is 3.35. The number of benzene rings is 1. The first kappa shape index (κ1) is 16.2. The quantitative estimate of drug-likeness (QED) is 0.483. The fraction of sp³-hybridized carbons (Fsp3) is 0.273. The predicted molar refractivity (Wildman–Crippen MR) is 59.4 cm³/mol. The van der Waals surface area contributed by atoms with Gasteiger partial charge in [-0.25, -0.2) is 13.6 Å². The molecule has 9 heteroatoms. The Labute approximate surface area is 114 Å². The van der Waals surface area contributed by atoms with Gasteiger partial charge >= 0.3 is 11.5 Å². The number of thioether (sulfide) groups is 1. The molecule has 0 bridgehead atoms. The molecule has 0 spiro atoms. The fourth-order valence-corrected chi connectivity index (χ4v) is 2.13. The summed E-state index contributed by atoms with van der Waals surface area (Å²) in [5, 5.41) is 8.76. The van der Waals surface area contributed by atoms with Gasteiger partial charge in [-0.2, -0.15) is 18.4 Å². The summed E-state index contributed by atoms with van der Waals surface area (Å²) in [4.78, 5) is 10.6. The number of hydrogen-bond donors (Lipinski definition) is 0. The van der Waals surface area contributed by atoms with Gasteiger partial charge in [0.2, 0.25) is 0 Å². The Morgan fingerprint density at radius 2 is 2.00 bits per heavy atom. The number of hydrogen-bond acceptors (Lipinski definition) is 4. The SMILES string of the molecule is COC(=O)c1c(C#N)ccc(SC(F)(F)F)c1C(F)F. The predicted octanol–water partition coefficient (Wildman–Crippen LogP) is 3.89. The van der Waals surface area contributed by atoms with Crippen molar-refractivity contribution in [3.05, 3.63) is 28.8 Å². The molecule has 0 aromatic heterocycles. The molecule has 0 aliphatic carbocycles. The molecule has 1 aromatic rings. The molecule has 0 atom stereocenters. The van der Waals surface area contributed by atoms with Gasteiger partial charge in [-0.1, -0.05) is 0 Å². The summed E-state index contributed by atoms with van der Waals surface area (Å²) >= 11 is -0.780. The summed E-state index contributed by atoms with van der Waals surface area (Å²) in [5.41, 5.74) is -7.28. The van der Waals surface area contributed by atoms with Crippen LogP contribution in [0.4, 0.5) is 22.0 Å². The first-order valence-electron chi connectivity index (χ1n) is 4.90. The molecule has 1 aromatic carbocycles. The van der Waals surface area contributed by atoms with E-state index in [0.29, 0.717) is 0 Å². The van der Waals surface area contributed by atoms with Crippen molar-refractivity contribution in [3.8, 4) is 6.07 Å². The smallest absolute Gasteiger partial charge is 0.446 e. The van der Waals surface area contributed by atoms with Gasteiger partial charge in [-0.3, -0.25) is 0 Å². The van der Waals surface area contributed by atoms with Crippen LogP contribution < -0.4 is 0 Å². The summed E-state index contributed by atoms with van der Waals surface area (Å²) in [6.07, 6.45) is -3.36. The van der Waals surface area contributed by atoms with E-state index in [1.54, 1.807) is 0 Å². The third-order valence-electron chi connectivity index (χ3n) is 2.16. The second-order valence-corrected chi connectivity index (χ2v) is 4.46. The molecule has 3 nitrogen and oxygen atoms in total. The van der Waals surface area contributed by atoms with E-state index in [0.717, 1.165) is 19.2 Å². The van der Waals surface area contributed by atoms with Crippen LogP contribution in [0.1, 0.15) is 27.9 Å². The lowest BCUT2D eigenvalue weighted by molar-refractivity contribution is -0.0329. The van der Waals surface area contributed by atoms with Crippen LogP contribution in [-0.4, -0.2) is 18.6 Å².